The summed E-state index contributed by atoms with van der Waals surface area (Å²) in [6.45, 7) is 7.57. The third kappa shape index (κ3) is 51.7. The Morgan fingerprint density at radius 3 is 1.12 bits per heavy atom. The van der Waals surface area contributed by atoms with E-state index in [0.717, 1.165) is 103 Å². The van der Waals surface area contributed by atoms with Crippen LogP contribution in [0.2, 0.25) is 0 Å². The molecule has 0 aliphatic rings. The molecule has 0 fully saturated rings. The van der Waals surface area contributed by atoms with Gasteiger partial charge >= 0.3 is 11.9 Å². The largest absolute Gasteiger partial charge is 0.462 e. The number of unbranched alkanes of at least 4 members (excludes halogenated alkanes) is 24. The van der Waals surface area contributed by atoms with Crippen LogP contribution in [0.15, 0.2) is 85.1 Å². The van der Waals surface area contributed by atoms with Crippen molar-refractivity contribution >= 4 is 11.9 Å². The van der Waals surface area contributed by atoms with E-state index in [9.17, 15) is 9.59 Å². The van der Waals surface area contributed by atoms with Crippen molar-refractivity contribution in [3.05, 3.63) is 85.1 Å². The van der Waals surface area contributed by atoms with Crippen molar-refractivity contribution in [2.24, 2.45) is 0 Å². The molecule has 0 saturated carbocycles. The van der Waals surface area contributed by atoms with Gasteiger partial charge in [0.05, 0.1) is 6.61 Å². The molecule has 0 aliphatic heterocycles. The molecule has 0 N–H and O–H groups in total. The molecule has 0 aromatic rings. The van der Waals surface area contributed by atoms with Crippen molar-refractivity contribution in [1.82, 2.24) is 0 Å². The van der Waals surface area contributed by atoms with Crippen LogP contribution >= 0.6 is 0 Å². The van der Waals surface area contributed by atoms with Gasteiger partial charge in [0.1, 0.15) is 6.61 Å². The van der Waals surface area contributed by atoms with Crippen molar-refractivity contribution in [1.29, 1.82) is 0 Å². The van der Waals surface area contributed by atoms with Crippen LogP contribution in [0, 0.1) is 0 Å². The zero-order chi connectivity index (χ0) is 46.3. The van der Waals surface area contributed by atoms with E-state index in [-0.39, 0.29) is 25.2 Å². The third-order valence-electron chi connectivity index (χ3n) is 11.4. The highest BCUT2D eigenvalue weighted by atomic mass is 16.6. The Kier molecular flexibility index (Phi) is 51.9. The van der Waals surface area contributed by atoms with Gasteiger partial charge in [0.15, 0.2) is 6.10 Å². The maximum Gasteiger partial charge on any atom is 0.306 e. The standard InChI is InChI=1S/C59H102O5/c1-4-7-10-13-16-19-22-25-28-29-30-33-36-39-42-45-48-51-54-62-55-57(64-59(61)53-50-47-44-41-38-35-32-27-24-21-18-15-12-9-6-3)56-63-58(60)52-49-46-43-40-37-34-31-26-23-20-17-14-11-8-5-2/h7-8,10-11,16-17,19-20,25-26,28,30-31,33,57H,4-6,9,12-15,18,21-24,27,29,32,34-56H2,1-3H3/b10-7-,11-8-,19-16-,20-17-,28-25-,31-26-,33-30-. The maximum absolute atomic E-state index is 12.8. The van der Waals surface area contributed by atoms with Gasteiger partial charge in [-0.15, -0.1) is 0 Å². The van der Waals surface area contributed by atoms with Crippen LogP contribution < -0.4 is 0 Å². The number of carbonyl (C=O) groups excluding carboxylic acids is 2. The fourth-order valence-corrected chi connectivity index (χ4v) is 7.46. The normalized spacial score (nSPS) is 12.9. The van der Waals surface area contributed by atoms with Crippen LogP contribution in [0.25, 0.3) is 0 Å². The quantitative estimate of drug-likeness (QED) is 0.0346. The van der Waals surface area contributed by atoms with Gasteiger partial charge in [-0.05, 0) is 89.9 Å². The Bertz CT molecular complexity index is 1190. The zero-order valence-electron chi connectivity index (χ0n) is 42.3. The molecular weight excluding hydrogens is 789 g/mol. The number of allylic oxidation sites excluding steroid dienone is 14. The number of esters is 2. The van der Waals surface area contributed by atoms with Gasteiger partial charge in [-0.25, -0.2) is 0 Å². The first kappa shape index (κ1) is 61.1. The monoisotopic (exact) mass is 891 g/mol. The van der Waals surface area contributed by atoms with Gasteiger partial charge < -0.3 is 14.2 Å². The average molecular weight is 891 g/mol. The third-order valence-corrected chi connectivity index (χ3v) is 11.4. The Morgan fingerprint density at radius 2 is 0.703 bits per heavy atom. The molecule has 0 spiro atoms. The molecule has 0 saturated heterocycles. The molecule has 0 aliphatic carbocycles. The van der Waals surface area contributed by atoms with Gasteiger partial charge in [0.25, 0.3) is 0 Å². The lowest BCUT2D eigenvalue weighted by atomic mass is 10.0. The summed E-state index contributed by atoms with van der Waals surface area (Å²) in [7, 11) is 0. The lowest BCUT2D eigenvalue weighted by Gasteiger charge is -2.18. The first-order valence-electron chi connectivity index (χ1n) is 27.1. The Balaban J connectivity index is 4.33. The zero-order valence-corrected chi connectivity index (χ0v) is 42.3. The van der Waals surface area contributed by atoms with E-state index in [1.807, 2.05) is 0 Å². The highest BCUT2D eigenvalue weighted by Crippen LogP contribution is 2.15. The molecule has 5 nitrogen and oxygen atoms in total. The molecule has 5 heteroatoms. The summed E-state index contributed by atoms with van der Waals surface area (Å²) >= 11 is 0. The van der Waals surface area contributed by atoms with E-state index in [2.05, 4.69) is 106 Å². The van der Waals surface area contributed by atoms with Crippen LogP contribution in [0.3, 0.4) is 0 Å². The Hall–Kier alpha value is -2.92. The number of hydrogen-bond acceptors (Lipinski definition) is 5. The van der Waals surface area contributed by atoms with Crippen molar-refractivity contribution in [2.45, 2.75) is 258 Å². The van der Waals surface area contributed by atoms with E-state index in [0.29, 0.717) is 19.4 Å². The number of carbonyl (C=O) groups is 2. The highest BCUT2D eigenvalue weighted by molar-refractivity contribution is 5.70. The van der Waals surface area contributed by atoms with Crippen molar-refractivity contribution < 1.29 is 23.8 Å². The first-order chi connectivity index (χ1) is 31.6. The maximum atomic E-state index is 12.8. The second-order valence-corrected chi connectivity index (χ2v) is 17.7. The molecule has 1 atom stereocenters. The fourth-order valence-electron chi connectivity index (χ4n) is 7.46. The smallest absolute Gasteiger partial charge is 0.306 e. The van der Waals surface area contributed by atoms with Gasteiger partial charge in [-0.1, -0.05) is 234 Å². The predicted octanol–water partition coefficient (Wildman–Crippen LogP) is 18.5. The van der Waals surface area contributed by atoms with Gasteiger partial charge in [-0.3, -0.25) is 9.59 Å². The van der Waals surface area contributed by atoms with E-state index >= 15 is 0 Å². The Morgan fingerprint density at radius 1 is 0.359 bits per heavy atom. The minimum Gasteiger partial charge on any atom is -0.462 e. The minimum absolute atomic E-state index is 0.0672. The van der Waals surface area contributed by atoms with E-state index < -0.39 is 6.10 Å². The number of ether oxygens (including phenoxy) is 3. The molecule has 0 amide bonds. The molecule has 1 unspecified atom stereocenters. The summed E-state index contributed by atoms with van der Waals surface area (Å²) in [5, 5.41) is 0. The summed E-state index contributed by atoms with van der Waals surface area (Å²) in [6, 6.07) is 0. The van der Waals surface area contributed by atoms with Gasteiger partial charge in [0, 0.05) is 19.4 Å². The summed E-state index contributed by atoms with van der Waals surface area (Å²) in [4.78, 5) is 25.5. The molecule has 0 bridgehead atoms. The van der Waals surface area contributed by atoms with Gasteiger partial charge in [0.2, 0.25) is 0 Å². The number of rotatable bonds is 49. The SMILES string of the molecule is CC/C=C\C/C=C\C/C=C\C/C=C\CCCCCCCOCC(COC(=O)CCCCCCC/C=C\C/C=C\C/C=C\CC)OC(=O)CCCCCCCCCCCCCCCCC. The first-order valence-corrected chi connectivity index (χ1v) is 27.1. The number of hydrogen-bond donors (Lipinski definition) is 0. The van der Waals surface area contributed by atoms with Crippen LogP contribution in [-0.4, -0.2) is 37.9 Å². The highest BCUT2D eigenvalue weighted by Gasteiger charge is 2.17. The van der Waals surface area contributed by atoms with Gasteiger partial charge in [-0.2, -0.15) is 0 Å². The van der Waals surface area contributed by atoms with Crippen LogP contribution in [0.5, 0.6) is 0 Å². The van der Waals surface area contributed by atoms with Crippen molar-refractivity contribution in [3.8, 4) is 0 Å². The molecule has 0 aromatic heterocycles. The molecule has 0 aromatic carbocycles. The van der Waals surface area contributed by atoms with E-state index in [1.54, 1.807) is 0 Å². The second-order valence-electron chi connectivity index (χ2n) is 17.7. The molecule has 0 rings (SSSR count). The lowest BCUT2D eigenvalue weighted by Crippen LogP contribution is -2.30. The summed E-state index contributed by atoms with van der Waals surface area (Å²) in [5.74, 6) is -0.423. The molecular formula is C59H102O5. The van der Waals surface area contributed by atoms with Crippen LogP contribution in [-0.2, 0) is 23.8 Å². The van der Waals surface area contributed by atoms with Crippen molar-refractivity contribution in [3.63, 3.8) is 0 Å². The van der Waals surface area contributed by atoms with E-state index in [1.165, 1.54) is 116 Å². The minimum atomic E-state index is -0.555. The molecule has 368 valence electrons. The topological polar surface area (TPSA) is 61.8 Å². The summed E-state index contributed by atoms with van der Waals surface area (Å²) in [6.07, 6.45) is 71.7. The predicted molar refractivity (Wildman–Crippen MR) is 279 cm³/mol. The average Bonchev–Trinajstić information content (AvgIpc) is 3.30. The molecule has 64 heavy (non-hydrogen) atoms. The van der Waals surface area contributed by atoms with Crippen molar-refractivity contribution in [2.75, 3.05) is 19.8 Å². The Labute approximate surface area is 397 Å². The summed E-state index contributed by atoms with van der Waals surface area (Å²) < 4.78 is 17.4. The summed E-state index contributed by atoms with van der Waals surface area (Å²) in [5.41, 5.74) is 0. The fraction of sp³-hybridized carbons (Fsp3) is 0.729. The van der Waals surface area contributed by atoms with Crippen LogP contribution in [0.1, 0.15) is 252 Å². The molecule has 0 radical (unpaired) electrons. The second kappa shape index (κ2) is 54.4. The van der Waals surface area contributed by atoms with Crippen LogP contribution in [0.4, 0.5) is 0 Å². The van der Waals surface area contributed by atoms with E-state index in [4.69, 9.17) is 14.2 Å². The lowest BCUT2D eigenvalue weighted by molar-refractivity contribution is -0.163. The molecule has 0 heterocycles.